The molecule has 0 radical (unpaired) electrons. The number of nitrogens with zero attached hydrogens (tertiary/aromatic N) is 3. The molecule has 0 spiro atoms. The zero-order valence-electron chi connectivity index (χ0n) is 34.0. The summed E-state index contributed by atoms with van der Waals surface area (Å²) in [6.07, 6.45) is 0. The van der Waals surface area contributed by atoms with E-state index in [0.29, 0.717) is 0 Å². The maximum absolute atomic E-state index is 2.48. The number of benzene rings is 10. The van der Waals surface area contributed by atoms with Gasteiger partial charge in [0.1, 0.15) is 0 Å². The van der Waals surface area contributed by atoms with Crippen LogP contribution in [0.5, 0.6) is 0 Å². The zero-order chi connectivity index (χ0) is 41.4. The van der Waals surface area contributed by atoms with Crippen LogP contribution < -0.4 is 9.80 Å². The van der Waals surface area contributed by atoms with Crippen LogP contribution in [-0.2, 0) is 0 Å². The second-order valence-electron chi connectivity index (χ2n) is 16.1. The SMILES string of the molecule is c1ccc(N(c2ccc3c(c2)sc2ccccc23)c2cc(N(c3ccccc3)c3ccc4c(c3)sc3ccccc34)c3c4ccccc4n(-c4ccc5ccccc5c4)c3c2)cc1. The maximum Gasteiger partial charge on any atom is 0.0583 e. The fourth-order valence-corrected chi connectivity index (χ4v) is 12.0. The Balaban J connectivity index is 1.15. The lowest BCUT2D eigenvalue weighted by atomic mass is 10.0. The number of fused-ring (bicyclic) bond motifs is 10. The van der Waals surface area contributed by atoms with Crippen molar-refractivity contribution in [1.82, 2.24) is 4.57 Å². The van der Waals surface area contributed by atoms with Gasteiger partial charge >= 0.3 is 0 Å². The molecule has 5 heteroatoms. The second-order valence-corrected chi connectivity index (χ2v) is 18.3. The van der Waals surface area contributed by atoms with Crippen LogP contribution in [0.25, 0.3) is 78.6 Å². The van der Waals surface area contributed by atoms with E-state index in [0.717, 1.165) is 50.8 Å². The molecule has 0 saturated carbocycles. The smallest absolute Gasteiger partial charge is 0.0583 e. The first kappa shape index (κ1) is 36.0. The van der Waals surface area contributed by atoms with E-state index in [4.69, 9.17) is 0 Å². The van der Waals surface area contributed by atoms with Crippen molar-refractivity contribution in [3.8, 4) is 5.69 Å². The van der Waals surface area contributed by atoms with E-state index in [9.17, 15) is 0 Å². The van der Waals surface area contributed by atoms with E-state index >= 15 is 0 Å². The Hall–Kier alpha value is -7.70. The van der Waals surface area contributed by atoms with E-state index in [1.807, 2.05) is 22.7 Å². The molecule has 0 atom stereocenters. The molecule has 0 saturated heterocycles. The van der Waals surface area contributed by atoms with Gasteiger partial charge in [0.2, 0.25) is 0 Å². The third kappa shape index (κ3) is 5.85. The Labute approximate surface area is 372 Å². The highest BCUT2D eigenvalue weighted by molar-refractivity contribution is 7.26. The highest BCUT2D eigenvalue weighted by atomic mass is 32.1. The van der Waals surface area contributed by atoms with Crippen molar-refractivity contribution < 1.29 is 0 Å². The molecule has 0 bridgehead atoms. The fourth-order valence-electron chi connectivity index (χ4n) is 9.69. The summed E-state index contributed by atoms with van der Waals surface area (Å²) >= 11 is 3.72. The molecule has 10 aromatic carbocycles. The van der Waals surface area contributed by atoms with Crippen molar-refractivity contribution in [2.75, 3.05) is 9.80 Å². The van der Waals surface area contributed by atoms with Crippen LogP contribution in [-0.4, -0.2) is 4.57 Å². The summed E-state index contributed by atoms with van der Waals surface area (Å²) in [5.41, 5.74) is 9.99. The molecule has 13 rings (SSSR count). The molecule has 0 fully saturated rings. The summed E-state index contributed by atoms with van der Waals surface area (Å²) in [6.45, 7) is 0. The Bertz CT molecular complexity index is 3880. The van der Waals surface area contributed by atoms with Crippen molar-refractivity contribution in [1.29, 1.82) is 0 Å². The normalized spacial score (nSPS) is 11.8. The van der Waals surface area contributed by atoms with Crippen molar-refractivity contribution in [3.05, 3.63) is 224 Å². The molecular weight excluding hydrogens is 803 g/mol. The largest absolute Gasteiger partial charge is 0.310 e. The number of aromatic nitrogens is 1. The number of hydrogen-bond acceptors (Lipinski definition) is 4. The molecule has 0 aliphatic carbocycles. The van der Waals surface area contributed by atoms with E-state index in [-0.39, 0.29) is 0 Å². The molecule has 3 aromatic heterocycles. The average Bonchev–Trinajstić information content (AvgIpc) is 4.01. The van der Waals surface area contributed by atoms with Crippen molar-refractivity contribution in [3.63, 3.8) is 0 Å². The quantitative estimate of drug-likeness (QED) is 0.158. The Kier molecular flexibility index (Phi) is 8.26. The van der Waals surface area contributed by atoms with Crippen LogP contribution in [0.15, 0.2) is 224 Å². The van der Waals surface area contributed by atoms with Gasteiger partial charge in [-0.1, -0.05) is 133 Å². The number of anilines is 6. The van der Waals surface area contributed by atoms with Crippen LogP contribution in [0, 0.1) is 0 Å². The van der Waals surface area contributed by atoms with Gasteiger partial charge in [-0.05, 0) is 102 Å². The molecule has 0 aliphatic heterocycles. The van der Waals surface area contributed by atoms with E-state index in [1.165, 1.54) is 61.9 Å². The lowest BCUT2D eigenvalue weighted by Gasteiger charge is -2.30. The van der Waals surface area contributed by atoms with Crippen LogP contribution in [0.4, 0.5) is 34.1 Å². The molecule has 63 heavy (non-hydrogen) atoms. The van der Waals surface area contributed by atoms with E-state index in [2.05, 4.69) is 239 Å². The van der Waals surface area contributed by atoms with Crippen LogP contribution in [0.2, 0.25) is 0 Å². The Morgan fingerprint density at radius 3 is 1.49 bits per heavy atom. The molecule has 3 heterocycles. The van der Waals surface area contributed by atoms with Crippen molar-refractivity contribution in [2.24, 2.45) is 0 Å². The number of rotatable bonds is 7. The third-order valence-electron chi connectivity index (χ3n) is 12.5. The van der Waals surface area contributed by atoms with Crippen molar-refractivity contribution in [2.45, 2.75) is 0 Å². The maximum atomic E-state index is 2.48. The van der Waals surface area contributed by atoms with Gasteiger partial charge in [-0.2, -0.15) is 0 Å². The van der Waals surface area contributed by atoms with Crippen LogP contribution >= 0.6 is 22.7 Å². The Morgan fingerprint density at radius 1 is 0.302 bits per heavy atom. The molecule has 13 aromatic rings. The predicted molar refractivity (Wildman–Crippen MR) is 273 cm³/mol. The lowest BCUT2D eigenvalue weighted by Crippen LogP contribution is -2.14. The Morgan fingerprint density at radius 2 is 0.825 bits per heavy atom. The first-order valence-electron chi connectivity index (χ1n) is 21.3. The van der Waals surface area contributed by atoms with Gasteiger partial charge in [-0.25, -0.2) is 0 Å². The summed E-state index contributed by atoms with van der Waals surface area (Å²) in [7, 11) is 0. The van der Waals surface area contributed by atoms with Crippen LogP contribution in [0.1, 0.15) is 0 Å². The minimum Gasteiger partial charge on any atom is -0.310 e. The summed E-state index contributed by atoms with van der Waals surface area (Å²) in [5, 5.41) is 9.99. The number of thiophene rings is 2. The lowest BCUT2D eigenvalue weighted by molar-refractivity contribution is 1.18. The summed E-state index contributed by atoms with van der Waals surface area (Å²) < 4.78 is 7.61. The summed E-state index contributed by atoms with van der Waals surface area (Å²) in [4.78, 5) is 4.92. The van der Waals surface area contributed by atoms with Gasteiger partial charge in [0.05, 0.1) is 22.4 Å². The first-order chi connectivity index (χ1) is 31.2. The van der Waals surface area contributed by atoms with E-state index < -0.39 is 0 Å². The number of para-hydroxylation sites is 3. The van der Waals surface area contributed by atoms with Gasteiger partial charge in [0.25, 0.3) is 0 Å². The zero-order valence-corrected chi connectivity index (χ0v) is 35.7. The van der Waals surface area contributed by atoms with Gasteiger partial charge in [-0.3, -0.25) is 0 Å². The molecule has 3 nitrogen and oxygen atoms in total. The molecule has 0 N–H and O–H groups in total. The molecule has 0 aliphatic rings. The second kappa shape index (κ2) is 14.5. The van der Waals surface area contributed by atoms with E-state index in [1.54, 1.807) is 0 Å². The van der Waals surface area contributed by atoms with Gasteiger partial charge in [0, 0.05) is 79.6 Å². The van der Waals surface area contributed by atoms with Gasteiger partial charge in [-0.15, -0.1) is 22.7 Å². The monoisotopic (exact) mass is 839 g/mol. The minimum atomic E-state index is 1.07. The highest BCUT2D eigenvalue weighted by Gasteiger charge is 2.26. The summed E-state index contributed by atoms with van der Waals surface area (Å²) in [6, 6.07) is 82.4. The van der Waals surface area contributed by atoms with Gasteiger partial charge in [0.15, 0.2) is 0 Å². The minimum absolute atomic E-state index is 1.07. The standard InChI is InChI=1S/C58H37N3S2/c1-3-17-40(18-4-1)59(43-29-31-48-46-21-10-13-25-54(46)62-56(48)36-43)45-34-52(60(41-19-5-2-6-20-41)44-30-32-49-47-22-11-14-26-55(47)63-57(49)37-44)58-50-23-9-12-24-51(50)61(53(58)35-45)42-28-27-38-15-7-8-16-39(38)33-42/h1-37H. The number of hydrogen-bond donors (Lipinski definition) is 0. The average molecular weight is 840 g/mol. The molecule has 0 unspecified atom stereocenters. The predicted octanol–water partition coefficient (Wildman–Crippen LogP) is 17.6. The topological polar surface area (TPSA) is 11.4 Å². The third-order valence-corrected chi connectivity index (χ3v) is 14.8. The molecule has 296 valence electrons. The summed E-state index contributed by atoms with van der Waals surface area (Å²) in [5.74, 6) is 0. The molecular formula is C58H37N3S2. The first-order valence-corrected chi connectivity index (χ1v) is 23.0. The van der Waals surface area contributed by atoms with Gasteiger partial charge < -0.3 is 14.4 Å². The fraction of sp³-hybridized carbons (Fsp3) is 0. The van der Waals surface area contributed by atoms with Crippen LogP contribution in [0.3, 0.4) is 0 Å². The highest BCUT2D eigenvalue weighted by Crippen LogP contribution is 2.50. The van der Waals surface area contributed by atoms with Crippen molar-refractivity contribution >= 4 is 130 Å². The molecule has 0 amide bonds.